The average molecular weight is 274 g/mol. The Balaban J connectivity index is 2.22. The van der Waals surface area contributed by atoms with E-state index in [1.54, 1.807) is 13.3 Å². The van der Waals surface area contributed by atoms with Crippen LogP contribution in [0.2, 0.25) is 0 Å². The second kappa shape index (κ2) is 6.09. The smallest absolute Gasteiger partial charge is 0.133 e. The van der Waals surface area contributed by atoms with Crippen LogP contribution in [0, 0.1) is 0 Å². The number of methoxy groups -OCH3 is 1. The van der Waals surface area contributed by atoms with Gasteiger partial charge in [0, 0.05) is 24.7 Å². The van der Waals surface area contributed by atoms with E-state index < -0.39 is 0 Å². The fourth-order valence-corrected chi connectivity index (χ4v) is 2.16. The van der Waals surface area contributed by atoms with E-state index in [1.165, 1.54) is 0 Å². The predicted octanol–water partition coefficient (Wildman–Crippen LogP) is 3.47. The quantitative estimate of drug-likeness (QED) is 0.876. The second-order valence-corrected chi connectivity index (χ2v) is 5.29. The minimum atomic E-state index is -0.217. The van der Waals surface area contributed by atoms with E-state index in [4.69, 9.17) is 9.47 Å². The number of hydrogen-bond donors (Lipinski definition) is 1. The lowest BCUT2D eigenvalue weighted by Gasteiger charge is -2.25. The number of rotatable bonds is 6. The van der Waals surface area contributed by atoms with Crippen molar-refractivity contribution in [3.05, 3.63) is 30.5 Å². The summed E-state index contributed by atoms with van der Waals surface area (Å²) in [6.07, 6.45) is 1.80. The molecule has 4 heteroatoms. The first-order valence-electron chi connectivity index (χ1n) is 6.86. The van der Waals surface area contributed by atoms with Crippen molar-refractivity contribution in [2.24, 2.45) is 0 Å². The maximum atomic E-state index is 5.69. The van der Waals surface area contributed by atoms with E-state index in [0.717, 1.165) is 22.3 Å². The number of aromatic nitrogens is 1. The Morgan fingerprint density at radius 2 is 2.05 bits per heavy atom. The van der Waals surface area contributed by atoms with Crippen molar-refractivity contribution in [2.45, 2.75) is 26.4 Å². The van der Waals surface area contributed by atoms with Crippen LogP contribution in [-0.4, -0.2) is 30.8 Å². The third-order valence-electron chi connectivity index (χ3n) is 3.19. The lowest BCUT2D eigenvalue weighted by atomic mass is 10.1. The lowest BCUT2D eigenvalue weighted by molar-refractivity contribution is 0.000664. The molecule has 0 atom stereocenters. The van der Waals surface area contributed by atoms with Gasteiger partial charge in [0.25, 0.3) is 0 Å². The van der Waals surface area contributed by atoms with E-state index in [9.17, 15) is 0 Å². The van der Waals surface area contributed by atoms with E-state index in [2.05, 4.69) is 24.1 Å². The summed E-state index contributed by atoms with van der Waals surface area (Å²) in [6.45, 7) is 7.55. The molecule has 0 radical (unpaired) electrons. The highest BCUT2D eigenvalue weighted by atomic mass is 16.5. The van der Waals surface area contributed by atoms with Gasteiger partial charge in [0.1, 0.15) is 11.6 Å². The maximum Gasteiger partial charge on any atom is 0.133 e. The minimum absolute atomic E-state index is 0.217. The first kappa shape index (κ1) is 14.6. The highest BCUT2D eigenvalue weighted by molar-refractivity contribution is 5.92. The normalized spacial score (nSPS) is 11.6. The number of pyridine rings is 1. The largest absolute Gasteiger partial charge is 0.497 e. The zero-order chi connectivity index (χ0) is 14.6. The molecule has 1 aromatic heterocycles. The molecule has 108 valence electrons. The van der Waals surface area contributed by atoms with Crippen molar-refractivity contribution in [3.63, 3.8) is 0 Å². The summed E-state index contributed by atoms with van der Waals surface area (Å²) >= 11 is 0. The van der Waals surface area contributed by atoms with Gasteiger partial charge >= 0.3 is 0 Å². The van der Waals surface area contributed by atoms with E-state index >= 15 is 0 Å². The molecular formula is C16H22N2O2. The summed E-state index contributed by atoms with van der Waals surface area (Å²) in [7, 11) is 1.67. The summed E-state index contributed by atoms with van der Waals surface area (Å²) in [6, 6.07) is 7.96. The summed E-state index contributed by atoms with van der Waals surface area (Å²) in [4.78, 5) is 4.42. The Hall–Kier alpha value is -1.81. The Kier molecular flexibility index (Phi) is 4.45. The van der Waals surface area contributed by atoms with E-state index in [-0.39, 0.29) is 5.60 Å². The summed E-state index contributed by atoms with van der Waals surface area (Å²) in [5.41, 5.74) is -0.217. The van der Waals surface area contributed by atoms with Crippen molar-refractivity contribution in [1.29, 1.82) is 0 Å². The Morgan fingerprint density at radius 3 is 2.75 bits per heavy atom. The van der Waals surface area contributed by atoms with Crippen LogP contribution in [0.25, 0.3) is 10.8 Å². The molecule has 1 aromatic carbocycles. The topological polar surface area (TPSA) is 43.4 Å². The van der Waals surface area contributed by atoms with Gasteiger partial charge in [-0.2, -0.15) is 0 Å². The molecule has 0 spiro atoms. The first-order valence-corrected chi connectivity index (χ1v) is 6.86. The molecule has 1 heterocycles. The third-order valence-corrected chi connectivity index (χ3v) is 3.19. The SMILES string of the molecule is CCOC(C)(C)CNc1nccc2cc(OC)ccc12. The van der Waals surface area contributed by atoms with Gasteiger partial charge in [-0.1, -0.05) is 0 Å². The number of fused-ring (bicyclic) bond motifs is 1. The molecule has 0 bridgehead atoms. The number of ether oxygens (including phenoxy) is 2. The molecule has 4 nitrogen and oxygen atoms in total. The van der Waals surface area contributed by atoms with Crippen LogP contribution in [0.15, 0.2) is 30.5 Å². The van der Waals surface area contributed by atoms with Gasteiger partial charge in [-0.15, -0.1) is 0 Å². The highest BCUT2D eigenvalue weighted by Gasteiger charge is 2.17. The molecule has 0 saturated heterocycles. The van der Waals surface area contributed by atoms with Crippen molar-refractivity contribution < 1.29 is 9.47 Å². The number of nitrogens with one attached hydrogen (secondary N) is 1. The first-order chi connectivity index (χ1) is 9.55. The summed E-state index contributed by atoms with van der Waals surface area (Å²) < 4.78 is 10.9. The molecule has 0 aliphatic carbocycles. The van der Waals surface area contributed by atoms with Gasteiger partial charge in [0.2, 0.25) is 0 Å². The van der Waals surface area contributed by atoms with Crippen LogP contribution in [-0.2, 0) is 4.74 Å². The van der Waals surface area contributed by atoms with Crippen LogP contribution in [0.3, 0.4) is 0 Å². The third kappa shape index (κ3) is 3.39. The summed E-state index contributed by atoms with van der Waals surface area (Å²) in [5.74, 6) is 1.72. The Bertz CT molecular complexity index is 582. The molecule has 2 rings (SSSR count). The molecule has 1 N–H and O–H groups in total. The fourth-order valence-electron chi connectivity index (χ4n) is 2.16. The van der Waals surface area contributed by atoms with E-state index in [1.807, 2.05) is 31.2 Å². The molecule has 0 fully saturated rings. The molecule has 0 aliphatic heterocycles. The van der Waals surface area contributed by atoms with Gasteiger partial charge < -0.3 is 14.8 Å². The number of benzene rings is 1. The molecule has 0 amide bonds. The van der Waals surface area contributed by atoms with Gasteiger partial charge in [-0.05, 0) is 50.4 Å². The Labute approximate surface area is 120 Å². The van der Waals surface area contributed by atoms with Crippen LogP contribution in [0.1, 0.15) is 20.8 Å². The number of hydrogen-bond acceptors (Lipinski definition) is 4. The van der Waals surface area contributed by atoms with Crippen molar-refractivity contribution in [1.82, 2.24) is 4.98 Å². The molecule has 0 aliphatic rings. The zero-order valence-corrected chi connectivity index (χ0v) is 12.6. The van der Waals surface area contributed by atoms with Crippen LogP contribution in [0.4, 0.5) is 5.82 Å². The molecule has 0 saturated carbocycles. The fraction of sp³-hybridized carbons (Fsp3) is 0.438. The summed E-state index contributed by atoms with van der Waals surface area (Å²) in [5, 5.41) is 5.56. The monoisotopic (exact) mass is 274 g/mol. The number of anilines is 1. The van der Waals surface area contributed by atoms with Gasteiger partial charge in [-0.3, -0.25) is 0 Å². The van der Waals surface area contributed by atoms with Crippen LogP contribution < -0.4 is 10.1 Å². The van der Waals surface area contributed by atoms with Crippen molar-refractivity contribution in [3.8, 4) is 5.75 Å². The van der Waals surface area contributed by atoms with Gasteiger partial charge in [-0.25, -0.2) is 4.98 Å². The lowest BCUT2D eigenvalue weighted by Crippen LogP contribution is -2.33. The van der Waals surface area contributed by atoms with Crippen molar-refractivity contribution in [2.75, 3.05) is 25.6 Å². The average Bonchev–Trinajstić information content (AvgIpc) is 2.44. The molecular weight excluding hydrogens is 252 g/mol. The van der Waals surface area contributed by atoms with Crippen molar-refractivity contribution >= 4 is 16.6 Å². The van der Waals surface area contributed by atoms with E-state index in [0.29, 0.717) is 13.2 Å². The molecule has 2 aromatic rings. The second-order valence-electron chi connectivity index (χ2n) is 5.29. The standard InChI is InChI=1S/C16H22N2O2/c1-5-20-16(2,3)11-18-15-14-7-6-13(19-4)10-12(14)8-9-17-15/h6-10H,5,11H2,1-4H3,(H,17,18). The molecule has 20 heavy (non-hydrogen) atoms. The minimum Gasteiger partial charge on any atom is -0.497 e. The highest BCUT2D eigenvalue weighted by Crippen LogP contribution is 2.25. The Morgan fingerprint density at radius 1 is 1.25 bits per heavy atom. The maximum absolute atomic E-state index is 5.69. The zero-order valence-electron chi connectivity index (χ0n) is 12.6. The van der Waals surface area contributed by atoms with Gasteiger partial charge in [0.05, 0.1) is 12.7 Å². The van der Waals surface area contributed by atoms with Gasteiger partial charge in [0.15, 0.2) is 0 Å². The van der Waals surface area contributed by atoms with Crippen LogP contribution in [0.5, 0.6) is 5.75 Å². The molecule has 0 unspecified atom stereocenters. The number of nitrogens with zero attached hydrogens (tertiary/aromatic N) is 1. The van der Waals surface area contributed by atoms with Crippen LogP contribution >= 0.6 is 0 Å². The predicted molar refractivity (Wildman–Crippen MR) is 82.5 cm³/mol.